The fraction of sp³-hybridized carbons (Fsp3) is 0.231. The maximum absolute atomic E-state index is 13.7. The van der Waals surface area contributed by atoms with Gasteiger partial charge in [-0.2, -0.15) is 8.42 Å². The van der Waals surface area contributed by atoms with Gasteiger partial charge in [-0.15, -0.1) is 0 Å². The SMILES string of the molecule is Cc1cc(O)ccc1C1=C(c2ccc(O)cc2C)[C@H]2[C@@H](S(=O)(=O)Oc3ccc(O)cc3)C[C@@H]1[S@@]2=O. The summed E-state index contributed by atoms with van der Waals surface area (Å²) in [5.74, 6) is 0.245. The van der Waals surface area contributed by atoms with Crippen LogP contribution in [0.1, 0.15) is 28.7 Å². The molecule has 0 amide bonds. The molecule has 3 aromatic carbocycles. The van der Waals surface area contributed by atoms with Gasteiger partial charge in [-0.1, -0.05) is 12.1 Å². The Kier molecular flexibility index (Phi) is 5.64. The number of hydrogen-bond donors (Lipinski definition) is 3. The summed E-state index contributed by atoms with van der Waals surface area (Å²) in [5, 5.41) is 27.0. The first-order valence-corrected chi connectivity index (χ1v) is 13.8. The van der Waals surface area contributed by atoms with E-state index in [2.05, 4.69) is 0 Å². The van der Waals surface area contributed by atoms with Crippen LogP contribution in [0.15, 0.2) is 60.7 Å². The van der Waals surface area contributed by atoms with Crippen molar-refractivity contribution in [3.05, 3.63) is 82.9 Å². The summed E-state index contributed by atoms with van der Waals surface area (Å²) < 4.78 is 45.8. The summed E-state index contributed by atoms with van der Waals surface area (Å²) in [5.41, 5.74) is 4.51. The highest BCUT2D eigenvalue weighted by Gasteiger charge is 2.57. The van der Waals surface area contributed by atoms with E-state index in [1.165, 1.54) is 30.3 Å². The van der Waals surface area contributed by atoms with Gasteiger partial charge in [0.15, 0.2) is 0 Å². The summed E-state index contributed by atoms with van der Waals surface area (Å²) in [4.78, 5) is 0. The number of rotatable bonds is 5. The molecule has 3 N–H and O–H groups in total. The lowest BCUT2D eigenvalue weighted by Gasteiger charge is -2.27. The fourth-order valence-electron chi connectivity index (χ4n) is 5.10. The van der Waals surface area contributed by atoms with Crippen molar-refractivity contribution in [2.45, 2.75) is 36.0 Å². The Labute approximate surface area is 205 Å². The molecule has 2 aliphatic heterocycles. The van der Waals surface area contributed by atoms with Crippen LogP contribution in [0, 0.1) is 13.8 Å². The predicted octanol–water partition coefficient (Wildman–Crippen LogP) is 4.01. The zero-order valence-corrected chi connectivity index (χ0v) is 20.6. The van der Waals surface area contributed by atoms with Gasteiger partial charge in [0.05, 0.1) is 10.5 Å². The van der Waals surface area contributed by atoms with E-state index in [0.29, 0.717) is 5.57 Å². The van der Waals surface area contributed by atoms with E-state index in [9.17, 15) is 27.9 Å². The quantitative estimate of drug-likeness (QED) is 0.442. The summed E-state index contributed by atoms with van der Waals surface area (Å²) in [7, 11) is -5.70. The van der Waals surface area contributed by atoms with Crippen molar-refractivity contribution in [1.29, 1.82) is 0 Å². The molecule has 0 aliphatic carbocycles. The first kappa shape index (κ1) is 23.4. The van der Waals surface area contributed by atoms with Gasteiger partial charge >= 0.3 is 10.1 Å². The van der Waals surface area contributed by atoms with Crippen LogP contribution in [0.25, 0.3) is 11.1 Å². The molecule has 2 bridgehead atoms. The maximum Gasteiger partial charge on any atom is 0.313 e. The van der Waals surface area contributed by atoms with Gasteiger partial charge in [0.2, 0.25) is 0 Å². The Morgan fingerprint density at radius 1 is 0.800 bits per heavy atom. The van der Waals surface area contributed by atoms with Gasteiger partial charge in [-0.25, -0.2) is 0 Å². The number of phenols is 3. The molecule has 0 radical (unpaired) electrons. The largest absolute Gasteiger partial charge is 0.508 e. The summed E-state index contributed by atoms with van der Waals surface area (Å²) in [6, 6.07) is 15.2. The summed E-state index contributed by atoms with van der Waals surface area (Å²) in [6.07, 6.45) is 0.133. The molecule has 182 valence electrons. The minimum Gasteiger partial charge on any atom is -0.508 e. The molecule has 35 heavy (non-hydrogen) atoms. The van der Waals surface area contributed by atoms with Crippen LogP contribution in [-0.4, -0.2) is 43.7 Å². The van der Waals surface area contributed by atoms with E-state index in [4.69, 9.17) is 4.18 Å². The van der Waals surface area contributed by atoms with Crippen LogP contribution in [0.4, 0.5) is 0 Å². The number of hydrogen-bond acceptors (Lipinski definition) is 7. The van der Waals surface area contributed by atoms with Gasteiger partial charge in [-0.05, 0) is 102 Å². The third-order valence-electron chi connectivity index (χ3n) is 6.63. The third kappa shape index (κ3) is 3.98. The Balaban J connectivity index is 1.66. The Hall–Kier alpha value is -3.30. The third-order valence-corrected chi connectivity index (χ3v) is 10.5. The zero-order chi connectivity index (χ0) is 25.1. The molecule has 7 nitrogen and oxygen atoms in total. The minimum absolute atomic E-state index is 0.0160. The molecule has 1 saturated heterocycles. The highest BCUT2D eigenvalue weighted by atomic mass is 32.2. The molecule has 2 heterocycles. The topological polar surface area (TPSA) is 121 Å². The van der Waals surface area contributed by atoms with E-state index in [1.807, 2.05) is 13.8 Å². The molecule has 0 spiro atoms. The normalized spacial score (nSPS) is 23.6. The van der Waals surface area contributed by atoms with E-state index >= 15 is 0 Å². The van der Waals surface area contributed by atoms with Crippen molar-refractivity contribution >= 4 is 32.1 Å². The van der Waals surface area contributed by atoms with E-state index < -0.39 is 36.7 Å². The van der Waals surface area contributed by atoms with Crippen LogP contribution >= 0.6 is 0 Å². The van der Waals surface area contributed by atoms with Crippen LogP contribution in [0.2, 0.25) is 0 Å². The first-order chi connectivity index (χ1) is 16.6. The lowest BCUT2D eigenvalue weighted by atomic mass is 9.81. The average Bonchev–Trinajstić information content (AvgIpc) is 3.26. The highest BCUT2D eigenvalue weighted by molar-refractivity contribution is 7.92. The van der Waals surface area contributed by atoms with E-state index in [-0.39, 0.29) is 29.4 Å². The lowest BCUT2D eigenvalue weighted by molar-refractivity contribution is 0.462. The second-order valence-electron chi connectivity index (χ2n) is 8.91. The molecule has 9 heteroatoms. The number of fused-ring (bicyclic) bond motifs is 2. The van der Waals surface area contributed by atoms with Crippen molar-refractivity contribution in [2.75, 3.05) is 0 Å². The minimum atomic E-state index is -4.17. The van der Waals surface area contributed by atoms with Crippen LogP contribution in [-0.2, 0) is 20.9 Å². The standard InChI is InChI=1S/C26H24O7S2/c1-14-11-17(28)5-9-20(14)24-22-13-23(35(31,32)33-19-7-3-16(27)4-8-19)26(34(22)30)25(24)21-10-6-18(29)12-15(21)2/h3-12,22-23,26-29H,13H2,1-2H3/t22-,23-,26+,34-/m0/s1. The highest BCUT2D eigenvalue weighted by Crippen LogP contribution is 2.54. The van der Waals surface area contributed by atoms with Crippen molar-refractivity contribution in [3.8, 4) is 23.0 Å². The smallest absolute Gasteiger partial charge is 0.313 e. The van der Waals surface area contributed by atoms with E-state index in [0.717, 1.165) is 27.8 Å². The number of phenolic OH excluding ortho intramolecular Hbond substituents is 3. The molecular weight excluding hydrogens is 488 g/mol. The predicted molar refractivity (Wildman–Crippen MR) is 134 cm³/mol. The molecular formula is C26H24O7S2. The molecule has 0 saturated carbocycles. The number of benzene rings is 3. The van der Waals surface area contributed by atoms with Gasteiger partial charge in [0, 0.05) is 10.8 Å². The Morgan fingerprint density at radius 2 is 1.31 bits per heavy atom. The molecule has 0 aromatic heterocycles. The molecule has 5 rings (SSSR count). The van der Waals surface area contributed by atoms with Crippen LogP contribution in [0.5, 0.6) is 23.0 Å². The van der Waals surface area contributed by atoms with Gasteiger partial charge in [0.1, 0.15) is 28.2 Å². The zero-order valence-electron chi connectivity index (χ0n) is 19.0. The maximum atomic E-state index is 13.7. The molecule has 0 unspecified atom stereocenters. The molecule has 2 aliphatic rings. The monoisotopic (exact) mass is 512 g/mol. The van der Waals surface area contributed by atoms with Crippen molar-refractivity contribution in [2.24, 2.45) is 0 Å². The summed E-state index contributed by atoms with van der Waals surface area (Å²) >= 11 is 0. The molecule has 3 aromatic rings. The number of aryl methyl sites for hydroxylation is 2. The van der Waals surface area contributed by atoms with Gasteiger partial charge in [-0.3, -0.25) is 4.21 Å². The van der Waals surface area contributed by atoms with E-state index in [1.54, 1.807) is 30.3 Å². The van der Waals surface area contributed by atoms with Crippen LogP contribution in [0.3, 0.4) is 0 Å². The number of aromatic hydroxyl groups is 3. The second-order valence-corrected chi connectivity index (χ2v) is 12.4. The van der Waals surface area contributed by atoms with Crippen molar-refractivity contribution in [1.82, 2.24) is 0 Å². The average molecular weight is 513 g/mol. The Morgan fingerprint density at radius 3 is 1.86 bits per heavy atom. The lowest BCUT2D eigenvalue weighted by Crippen LogP contribution is -2.36. The Bertz CT molecular complexity index is 1490. The van der Waals surface area contributed by atoms with Crippen LogP contribution < -0.4 is 4.18 Å². The molecule has 4 atom stereocenters. The van der Waals surface area contributed by atoms with Crippen molar-refractivity contribution in [3.63, 3.8) is 0 Å². The van der Waals surface area contributed by atoms with Gasteiger partial charge < -0.3 is 19.5 Å². The first-order valence-electron chi connectivity index (χ1n) is 11.0. The summed E-state index contributed by atoms with van der Waals surface area (Å²) in [6.45, 7) is 3.66. The fourth-order valence-corrected chi connectivity index (χ4v) is 9.46. The van der Waals surface area contributed by atoms with Gasteiger partial charge in [0.25, 0.3) is 0 Å². The second kappa shape index (κ2) is 8.42. The van der Waals surface area contributed by atoms with Crippen molar-refractivity contribution < 1.29 is 32.1 Å². The molecule has 1 fully saturated rings.